The lowest BCUT2D eigenvalue weighted by atomic mass is 10.0. The molecule has 0 radical (unpaired) electrons. The average molecular weight is 344 g/mol. The second-order valence-corrected chi connectivity index (χ2v) is 6.18. The summed E-state index contributed by atoms with van der Waals surface area (Å²) in [5.41, 5.74) is 0. The van der Waals surface area contributed by atoms with Crippen LogP contribution in [0.1, 0.15) is 90.4 Å². The van der Waals surface area contributed by atoms with E-state index in [4.69, 9.17) is 14.9 Å². The van der Waals surface area contributed by atoms with Crippen molar-refractivity contribution in [1.82, 2.24) is 0 Å². The molecule has 0 spiro atoms. The van der Waals surface area contributed by atoms with E-state index in [1.807, 2.05) is 0 Å². The molecule has 0 saturated carbocycles. The first-order valence-corrected chi connectivity index (χ1v) is 9.11. The summed E-state index contributed by atoms with van der Waals surface area (Å²) in [5, 5.41) is 17.5. The smallest absolute Gasteiger partial charge is 0.345 e. The van der Waals surface area contributed by atoms with Crippen molar-refractivity contribution >= 4 is 17.9 Å². The van der Waals surface area contributed by atoms with Gasteiger partial charge in [0.1, 0.15) is 0 Å². The molecule has 140 valence electrons. The van der Waals surface area contributed by atoms with Crippen molar-refractivity contribution in [3.63, 3.8) is 0 Å². The fourth-order valence-electron chi connectivity index (χ4n) is 2.48. The first-order valence-electron chi connectivity index (χ1n) is 9.11. The van der Waals surface area contributed by atoms with E-state index in [0.29, 0.717) is 6.42 Å². The molecule has 0 aromatic carbocycles. The first kappa shape index (κ1) is 22.4. The summed E-state index contributed by atoms with van der Waals surface area (Å²) in [7, 11) is 0. The number of carboxylic acids is 2. The molecule has 6 nitrogen and oxygen atoms in total. The van der Waals surface area contributed by atoms with Gasteiger partial charge in [-0.25, -0.2) is 4.79 Å². The molecule has 0 aromatic heterocycles. The Morgan fingerprint density at radius 1 is 0.792 bits per heavy atom. The van der Waals surface area contributed by atoms with Crippen LogP contribution in [-0.4, -0.2) is 34.2 Å². The van der Waals surface area contributed by atoms with Crippen molar-refractivity contribution in [2.24, 2.45) is 0 Å². The third-order valence-corrected chi connectivity index (χ3v) is 3.91. The Morgan fingerprint density at radius 3 is 1.75 bits per heavy atom. The van der Waals surface area contributed by atoms with Gasteiger partial charge in [-0.05, 0) is 12.8 Å². The van der Waals surface area contributed by atoms with Crippen LogP contribution in [0.2, 0.25) is 0 Å². The van der Waals surface area contributed by atoms with Gasteiger partial charge in [-0.1, -0.05) is 64.7 Å². The molecule has 0 aliphatic rings. The summed E-state index contributed by atoms with van der Waals surface area (Å²) in [6, 6.07) is 0. The number of carboxylic acid groups (broad SMARTS) is 2. The number of esters is 1. The summed E-state index contributed by atoms with van der Waals surface area (Å²) >= 11 is 0. The minimum absolute atomic E-state index is 0.282. The molecule has 2 N–H and O–H groups in total. The molecule has 0 fully saturated rings. The molecule has 0 aliphatic heterocycles. The van der Waals surface area contributed by atoms with Crippen LogP contribution in [0.25, 0.3) is 0 Å². The van der Waals surface area contributed by atoms with Gasteiger partial charge in [-0.2, -0.15) is 0 Å². The maximum absolute atomic E-state index is 11.4. The van der Waals surface area contributed by atoms with Gasteiger partial charge in [0.25, 0.3) is 0 Å². The highest BCUT2D eigenvalue weighted by Crippen LogP contribution is 2.13. The van der Waals surface area contributed by atoms with Gasteiger partial charge in [0.05, 0.1) is 12.8 Å². The molecule has 6 heteroatoms. The van der Waals surface area contributed by atoms with Gasteiger partial charge in [-0.3, -0.25) is 9.59 Å². The predicted molar refractivity (Wildman–Crippen MR) is 90.8 cm³/mol. The zero-order valence-electron chi connectivity index (χ0n) is 14.8. The van der Waals surface area contributed by atoms with Crippen molar-refractivity contribution in [2.75, 3.05) is 0 Å². The van der Waals surface area contributed by atoms with Crippen LogP contribution in [0.5, 0.6) is 0 Å². The SMILES string of the molecule is CCCCCCCCCCCCC(OC(=O)CCC(=O)O)C(=O)O. The topological polar surface area (TPSA) is 101 Å². The lowest BCUT2D eigenvalue weighted by Crippen LogP contribution is -2.27. The van der Waals surface area contributed by atoms with Crippen molar-refractivity contribution in [1.29, 1.82) is 0 Å². The van der Waals surface area contributed by atoms with E-state index in [1.54, 1.807) is 0 Å². The molecule has 0 saturated heterocycles. The van der Waals surface area contributed by atoms with E-state index in [0.717, 1.165) is 19.3 Å². The maximum atomic E-state index is 11.4. The molecule has 1 unspecified atom stereocenters. The normalized spacial score (nSPS) is 11.9. The van der Waals surface area contributed by atoms with Crippen LogP contribution in [0.4, 0.5) is 0 Å². The van der Waals surface area contributed by atoms with Crippen LogP contribution in [0.15, 0.2) is 0 Å². The van der Waals surface area contributed by atoms with Crippen molar-refractivity contribution in [3.8, 4) is 0 Å². The van der Waals surface area contributed by atoms with Gasteiger partial charge in [0.2, 0.25) is 0 Å². The molecular formula is C18H32O6. The van der Waals surface area contributed by atoms with Gasteiger partial charge < -0.3 is 14.9 Å². The predicted octanol–water partition coefficient (Wildman–Crippen LogP) is 4.16. The fraction of sp³-hybridized carbons (Fsp3) is 0.833. The fourth-order valence-corrected chi connectivity index (χ4v) is 2.48. The number of carbonyl (C=O) groups excluding carboxylic acids is 1. The molecule has 0 amide bonds. The summed E-state index contributed by atoms with van der Waals surface area (Å²) in [6.07, 6.45) is 9.96. The lowest BCUT2D eigenvalue weighted by molar-refractivity contribution is -0.165. The van der Waals surface area contributed by atoms with Crippen LogP contribution in [0, 0.1) is 0 Å². The minimum atomic E-state index is -1.17. The van der Waals surface area contributed by atoms with Crippen LogP contribution < -0.4 is 0 Å². The number of aliphatic carboxylic acids is 2. The van der Waals surface area contributed by atoms with Crippen LogP contribution in [-0.2, 0) is 19.1 Å². The monoisotopic (exact) mass is 344 g/mol. The molecule has 24 heavy (non-hydrogen) atoms. The minimum Gasteiger partial charge on any atom is -0.481 e. The Morgan fingerprint density at radius 2 is 1.29 bits per heavy atom. The zero-order chi connectivity index (χ0) is 18.2. The quantitative estimate of drug-likeness (QED) is 0.322. The Labute approximate surface area is 144 Å². The lowest BCUT2D eigenvalue weighted by Gasteiger charge is -2.13. The number of ether oxygens (including phenoxy) is 1. The van der Waals surface area contributed by atoms with E-state index >= 15 is 0 Å². The van der Waals surface area contributed by atoms with Crippen molar-refractivity contribution in [3.05, 3.63) is 0 Å². The highest BCUT2D eigenvalue weighted by atomic mass is 16.6. The van der Waals surface area contributed by atoms with Crippen LogP contribution in [0.3, 0.4) is 0 Å². The third-order valence-electron chi connectivity index (χ3n) is 3.91. The van der Waals surface area contributed by atoms with E-state index in [9.17, 15) is 14.4 Å². The Kier molecular flexibility index (Phi) is 14.0. The summed E-state index contributed by atoms with van der Waals surface area (Å²) in [4.78, 5) is 32.8. The highest BCUT2D eigenvalue weighted by molar-refractivity contribution is 5.80. The third kappa shape index (κ3) is 14.0. The summed E-state index contributed by atoms with van der Waals surface area (Å²) < 4.78 is 4.84. The molecular weight excluding hydrogens is 312 g/mol. The number of unbranched alkanes of at least 4 members (excludes halogenated alkanes) is 9. The van der Waals surface area contributed by atoms with E-state index in [1.165, 1.54) is 38.5 Å². The molecule has 0 heterocycles. The summed E-state index contributed by atoms with van der Waals surface area (Å²) in [5.74, 6) is -3.04. The zero-order valence-corrected chi connectivity index (χ0v) is 14.8. The van der Waals surface area contributed by atoms with Gasteiger partial charge in [0.15, 0.2) is 6.10 Å². The highest BCUT2D eigenvalue weighted by Gasteiger charge is 2.21. The first-order chi connectivity index (χ1) is 11.5. The number of hydrogen-bond donors (Lipinski definition) is 2. The second kappa shape index (κ2) is 15.0. The second-order valence-electron chi connectivity index (χ2n) is 6.18. The Balaban J connectivity index is 3.69. The Bertz CT molecular complexity index is 367. The van der Waals surface area contributed by atoms with Gasteiger partial charge in [0, 0.05) is 0 Å². The number of rotatable bonds is 16. The Hall–Kier alpha value is -1.59. The number of carbonyl (C=O) groups is 3. The van der Waals surface area contributed by atoms with Crippen molar-refractivity contribution in [2.45, 2.75) is 96.5 Å². The van der Waals surface area contributed by atoms with Crippen molar-refractivity contribution < 1.29 is 29.3 Å². The molecule has 0 aliphatic carbocycles. The standard InChI is InChI=1S/C18H32O6/c1-2-3-4-5-6-7-8-9-10-11-12-15(18(22)23)24-17(21)14-13-16(19)20/h15H,2-14H2,1H3,(H,19,20)(H,22,23). The maximum Gasteiger partial charge on any atom is 0.345 e. The van der Waals surface area contributed by atoms with Gasteiger partial charge in [-0.15, -0.1) is 0 Å². The van der Waals surface area contributed by atoms with E-state index in [-0.39, 0.29) is 19.3 Å². The molecule has 1 atom stereocenters. The average Bonchev–Trinajstić information content (AvgIpc) is 2.53. The largest absolute Gasteiger partial charge is 0.481 e. The van der Waals surface area contributed by atoms with E-state index in [2.05, 4.69) is 6.92 Å². The summed E-state index contributed by atoms with van der Waals surface area (Å²) in [6.45, 7) is 2.20. The van der Waals surface area contributed by atoms with E-state index < -0.39 is 24.0 Å². The molecule has 0 bridgehead atoms. The van der Waals surface area contributed by atoms with Gasteiger partial charge >= 0.3 is 17.9 Å². The van der Waals surface area contributed by atoms with Crippen LogP contribution >= 0.6 is 0 Å². The number of hydrogen-bond acceptors (Lipinski definition) is 4. The molecule has 0 aromatic rings. The molecule has 0 rings (SSSR count).